The van der Waals surface area contributed by atoms with Gasteiger partial charge >= 0.3 is 0 Å². The zero-order valence-corrected chi connectivity index (χ0v) is 20.0. The standard InChI is InChI=1S/C27H33N5O2/c1-21(28-26(33)15-14-22-9-4-3-5-10-22)27-30-29-25-16-18-31(19-20-32(25)27)17-8-12-23-11-6-7-13-24(23)34-2/h3-13,21H,14-20H2,1-2H3,(H,28,33). The minimum atomic E-state index is -0.179. The number of ether oxygens (including phenoxy) is 1. The fourth-order valence-corrected chi connectivity index (χ4v) is 4.31. The number of benzene rings is 2. The maximum Gasteiger partial charge on any atom is 0.220 e. The van der Waals surface area contributed by atoms with Crippen molar-refractivity contribution in [3.63, 3.8) is 0 Å². The van der Waals surface area contributed by atoms with Crippen LogP contribution in [0.25, 0.3) is 6.08 Å². The first-order chi connectivity index (χ1) is 16.6. The summed E-state index contributed by atoms with van der Waals surface area (Å²) in [4.78, 5) is 14.9. The molecule has 0 saturated heterocycles. The number of amides is 1. The second-order valence-corrected chi connectivity index (χ2v) is 8.60. The predicted octanol–water partition coefficient (Wildman–Crippen LogP) is 3.67. The van der Waals surface area contributed by atoms with Crippen LogP contribution in [-0.2, 0) is 24.2 Å². The molecule has 1 aliphatic rings. The molecule has 7 heteroatoms. The van der Waals surface area contributed by atoms with Crippen molar-refractivity contribution in [2.24, 2.45) is 0 Å². The number of aryl methyl sites for hydroxylation is 1. The van der Waals surface area contributed by atoms with E-state index in [9.17, 15) is 4.79 Å². The van der Waals surface area contributed by atoms with Crippen LogP contribution in [0.4, 0.5) is 0 Å². The smallest absolute Gasteiger partial charge is 0.220 e. The first-order valence-corrected chi connectivity index (χ1v) is 11.9. The van der Waals surface area contributed by atoms with Crippen LogP contribution in [0.1, 0.15) is 42.2 Å². The molecule has 0 fully saturated rings. The van der Waals surface area contributed by atoms with Gasteiger partial charge in [0.2, 0.25) is 5.91 Å². The van der Waals surface area contributed by atoms with E-state index in [-0.39, 0.29) is 11.9 Å². The summed E-state index contributed by atoms with van der Waals surface area (Å²) in [6.45, 7) is 5.48. The number of nitrogens with one attached hydrogen (secondary N) is 1. The van der Waals surface area contributed by atoms with Crippen molar-refractivity contribution in [2.45, 2.75) is 38.8 Å². The highest BCUT2D eigenvalue weighted by molar-refractivity contribution is 5.76. The molecule has 1 amide bonds. The van der Waals surface area contributed by atoms with Crippen LogP contribution < -0.4 is 10.1 Å². The lowest BCUT2D eigenvalue weighted by Crippen LogP contribution is -2.30. The van der Waals surface area contributed by atoms with Crippen molar-refractivity contribution in [1.29, 1.82) is 0 Å². The number of methoxy groups -OCH3 is 1. The summed E-state index contributed by atoms with van der Waals surface area (Å²) >= 11 is 0. The highest BCUT2D eigenvalue weighted by Gasteiger charge is 2.22. The van der Waals surface area contributed by atoms with E-state index in [1.54, 1.807) is 7.11 Å². The molecule has 1 unspecified atom stereocenters. The molecular formula is C27H33N5O2. The van der Waals surface area contributed by atoms with E-state index in [0.29, 0.717) is 6.42 Å². The summed E-state index contributed by atoms with van der Waals surface area (Å²) in [7, 11) is 1.70. The second kappa shape index (κ2) is 11.6. The lowest BCUT2D eigenvalue weighted by Gasteiger charge is -2.18. The van der Waals surface area contributed by atoms with E-state index in [0.717, 1.165) is 62.0 Å². The maximum absolute atomic E-state index is 12.5. The highest BCUT2D eigenvalue weighted by Crippen LogP contribution is 2.19. The molecule has 178 valence electrons. The number of carbonyl (C=O) groups excluding carboxylic acids is 1. The monoisotopic (exact) mass is 459 g/mol. The number of hydrogen-bond acceptors (Lipinski definition) is 5. The van der Waals surface area contributed by atoms with Gasteiger partial charge in [0.05, 0.1) is 13.2 Å². The Morgan fingerprint density at radius 3 is 2.71 bits per heavy atom. The Balaban J connectivity index is 1.30. The average molecular weight is 460 g/mol. The van der Waals surface area contributed by atoms with Gasteiger partial charge in [0, 0.05) is 44.6 Å². The first kappa shape index (κ1) is 23.7. The van der Waals surface area contributed by atoms with E-state index in [1.165, 1.54) is 5.56 Å². The lowest BCUT2D eigenvalue weighted by atomic mass is 10.1. The molecular weight excluding hydrogens is 426 g/mol. The molecule has 0 spiro atoms. The predicted molar refractivity (Wildman–Crippen MR) is 134 cm³/mol. The Morgan fingerprint density at radius 1 is 1.09 bits per heavy atom. The van der Waals surface area contributed by atoms with E-state index >= 15 is 0 Å². The fourth-order valence-electron chi connectivity index (χ4n) is 4.31. The van der Waals surface area contributed by atoms with Crippen molar-refractivity contribution in [2.75, 3.05) is 26.7 Å². The summed E-state index contributed by atoms with van der Waals surface area (Å²) < 4.78 is 7.60. The van der Waals surface area contributed by atoms with Crippen molar-refractivity contribution in [3.8, 4) is 5.75 Å². The number of para-hydroxylation sites is 1. The molecule has 34 heavy (non-hydrogen) atoms. The molecule has 0 bridgehead atoms. The molecule has 0 aliphatic carbocycles. The van der Waals surface area contributed by atoms with Crippen LogP contribution in [0.15, 0.2) is 60.7 Å². The van der Waals surface area contributed by atoms with E-state index < -0.39 is 0 Å². The van der Waals surface area contributed by atoms with Gasteiger partial charge in [-0.05, 0) is 25.0 Å². The molecule has 1 atom stereocenters. The molecule has 2 aromatic carbocycles. The average Bonchev–Trinajstić information content (AvgIpc) is 3.17. The van der Waals surface area contributed by atoms with Crippen LogP contribution in [-0.4, -0.2) is 52.3 Å². The number of aromatic nitrogens is 3. The quantitative estimate of drug-likeness (QED) is 0.529. The molecule has 4 rings (SSSR count). The van der Waals surface area contributed by atoms with Crippen LogP contribution in [0, 0.1) is 0 Å². The molecule has 1 aromatic heterocycles. The van der Waals surface area contributed by atoms with Crippen LogP contribution in [0.3, 0.4) is 0 Å². The molecule has 0 saturated carbocycles. The van der Waals surface area contributed by atoms with Crippen molar-refractivity contribution >= 4 is 12.0 Å². The van der Waals surface area contributed by atoms with Crippen molar-refractivity contribution in [3.05, 3.63) is 83.4 Å². The van der Waals surface area contributed by atoms with Gasteiger partial charge < -0.3 is 14.6 Å². The van der Waals surface area contributed by atoms with Crippen molar-refractivity contribution < 1.29 is 9.53 Å². The third kappa shape index (κ3) is 6.11. The van der Waals surface area contributed by atoms with Gasteiger partial charge in [-0.25, -0.2) is 0 Å². The number of hydrogen-bond donors (Lipinski definition) is 1. The number of rotatable bonds is 9. The number of carbonyl (C=O) groups is 1. The normalized spacial score (nSPS) is 15.0. The topological polar surface area (TPSA) is 72.3 Å². The summed E-state index contributed by atoms with van der Waals surface area (Å²) in [5.41, 5.74) is 2.25. The highest BCUT2D eigenvalue weighted by atomic mass is 16.5. The Hall–Kier alpha value is -3.45. The zero-order valence-electron chi connectivity index (χ0n) is 20.0. The molecule has 3 aromatic rings. The van der Waals surface area contributed by atoms with Gasteiger partial charge in [-0.3, -0.25) is 9.69 Å². The maximum atomic E-state index is 12.5. The zero-order chi connectivity index (χ0) is 23.8. The Morgan fingerprint density at radius 2 is 1.88 bits per heavy atom. The minimum absolute atomic E-state index is 0.0328. The number of fused-ring (bicyclic) bond motifs is 1. The van der Waals surface area contributed by atoms with Gasteiger partial charge in [0.15, 0.2) is 5.82 Å². The Bertz CT molecular complexity index is 1110. The third-order valence-corrected chi connectivity index (χ3v) is 6.20. The SMILES string of the molecule is COc1ccccc1C=CCN1CCc2nnc(C(C)NC(=O)CCc3ccccc3)n2CC1. The Kier molecular flexibility index (Phi) is 8.09. The minimum Gasteiger partial charge on any atom is -0.496 e. The van der Waals surface area contributed by atoms with E-state index in [2.05, 4.69) is 43.2 Å². The molecule has 2 heterocycles. The molecule has 1 N–H and O–H groups in total. The molecule has 0 radical (unpaired) electrons. The fraction of sp³-hybridized carbons (Fsp3) is 0.370. The second-order valence-electron chi connectivity index (χ2n) is 8.60. The summed E-state index contributed by atoms with van der Waals surface area (Å²) in [6, 6.07) is 17.9. The van der Waals surface area contributed by atoms with Gasteiger partial charge in [-0.15, -0.1) is 10.2 Å². The number of nitrogens with zero attached hydrogens (tertiary/aromatic N) is 4. The van der Waals surface area contributed by atoms with E-state index in [1.807, 2.05) is 55.5 Å². The van der Waals surface area contributed by atoms with Crippen LogP contribution in [0.2, 0.25) is 0 Å². The summed E-state index contributed by atoms with van der Waals surface area (Å²) in [5.74, 6) is 2.72. The summed E-state index contributed by atoms with van der Waals surface area (Å²) in [5, 5.41) is 11.9. The van der Waals surface area contributed by atoms with Crippen LogP contribution >= 0.6 is 0 Å². The van der Waals surface area contributed by atoms with Crippen LogP contribution in [0.5, 0.6) is 5.75 Å². The molecule has 1 aliphatic heterocycles. The van der Waals surface area contributed by atoms with Crippen molar-refractivity contribution in [1.82, 2.24) is 25.0 Å². The van der Waals surface area contributed by atoms with Gasteiger partial charge in [-0.1, -0.05) is 60.7 Å². The summed E-state index contributed by atoms with van der Waals surface area (Å²) in [6.07, 6.45) is 6.32. The van der Waals surface area contributed by atoms with Gasteiger partial charge in [-0.2, -0.15) is 0 Å². The first-order valence-electron chi connectivity index (χ1n) is 11.9. The van der Waals surface area contributed by atoms with Gasteiger partial charge in [0.25, 0.3) is 0 Å². The van der Waals surface area contributed by atoms with E-state index in [4.69, 9.17) is 4.74 Å². The Labute approximate surface area is 201 Å². The third-order valence-electron chi connectivity index (χ3n) is 6.20. The largest absolute Gasteiger partial charge is 0.496 e. The van der Waals surface area contributed by atoms with Gasteiger partial charge in [0.1, 0.15) is 11.6 Å². The lowest BCUT2D eigenvalue weighted by molar-refractivity contribution is -0.121. The molecule has 7 nitrogen and oxygen atoms in total.